The molecule has 0 unspecified atom stereocenters. The van der Waals surface area contributed by atoms with Gasteiger partial charge in [-0.25, -0.2) is 4.79 Å². The maximum atomic E-state index is 12.1. The molecule has 0 fully saturated rings. The van der Waals surface area contributed by atoms with Crippen LogP contribution in [0.1, 0.15) is 16.1 Å². The summed E-state index contributed by atoms with van der Waals surface area (Å²) < 4.78 is 5.24. The molecule has 0 aliphatic carbocycles. The Morgan fingerprint density at radius 2 is 2.00 bits per heavy atom. The number of halogens is 1. The Labute approximate surface area is 138 Å². The minimum Gasteiger partial charge on any atom is -0.495 e. The highest BCUT2D eigenvalue weighted by molar-refractivity contribution is 6.32. The summed E-state index contributed by atoms with van der Waals surface area (Å²) in [5, 5.41) is 9.09. The standard InChI is InChI=1S/C15H19ClN4O3/c1-17-14(21)13-8(4-5-19-15(22)18-2)9-6-12(23-3)10(16)7-11(9)20-13/h6-7,20H,4-5H2,1-3H3,(H,17,21)(H2,18,19,22). The minimum atomic E-state index is -0.271. The summed E-state index contributed by atoms with van der Waals surface area (Å²) in [6.07, 6.45) is 0.487. The highest BCUT2D eigenvalue weighted by Gasteiger charge is 2.18. The maximum Gasteiger partial charge on any atom is 0.314 e. The van der Waals surface area contributed by atoms with Crippen molar-refractivity contribution in [3.05, 3.63) is 28.4 Å². The molecule has 0 saturated heterocycles. The Balaban J connectivity index is 2.44. The zero-order valence-corrected chi connectivity index (χ0v) is 13.9. The van der Waals surface area contributed by atoms with E-state index in [0.29, 0.717) is 29.4 Å². The molecule has 0 saturated carbocycles. The number of rotatable bonds is 5. The Hall–Kier alpha value is -2.41. The van der Waals surface area contributed by atoms with Crippen molar-refractivity contribution < 1.29 is 14.3 Å². The van der Waals surface area contributed by atoms with Gasteiger partial charge in [-0.1, -0.05) is 11.6 Å². The molecular weight excluding hydrogens is 320 g/mol. The number of H-pyrrole nitrogens is 1. The zero-order valence-electron chi connectivity index (χ0n) is 13.2. The number of urea groups is 1. The third-order valence-corrected chi connectivity index (χ3v) is 3.82. The summed E-state index contributed by atoms with van der Waals surface area (Å²) in [5.74, 6) is 0.299. The number of nitrogens with one attached hydrogen (secondary N) is 4. The van der Waals surface area contributed by atoms with Gasteiger partial charge in [-0.15, -0.1) is 0 Å². The lowest BCUT2D eigenvalue weighted by Gasteiger charge is -2.07. The molecule has 1 aromatic carbocycles. The number of benzene rings is 1. The van der Waals surface area contributed by atoms with Crippen LogP contribution in [-0.2, 0) is 6.42 Å². The van der Waals surface area contributed by atoms with Crippen molar-refractivity contribution in [1.29, 1.82) is 0 Å². The second-order valence-electron chi connectivity index (χ2n) is 4.85. The van der Waals surface area contributed by atoms with E-state index in [9.17, 15) is 9.59 Å². The lowest BCUT2D eigenvalue weighted by Crippen LogP contribution is -2.34. The topological polar surface area (TPSA) is 95.3 Å². The van der Waals surface area contributed by atoms with E-state index in [1.165, 1.54) is 7.11 Å². The molecule has 7 nitrogen and oxygen atoms in total. The fourth-order valence-corrected chi connectivity index (χ4v) is 2.62. The van der Waals surface area contributed by atoms with Gasteiger partial charge >= 0.3 is 6.03 Å². The molecule has 0 aliphatic rings. The zero-order chi connectivity index (χ0) is 17.0. The molecule has 124 valence electrons. The molecule has 8 heteroatoms. The molecule has 1 aromatic heterocycles. The molecule has 23 heavy (non-hydrogen) atoms. The molecule has 2 rings (SSSR count). The van der Waals surface area contributed by atoms with Gasteiger partial charge in [0.05, 0.1) is 12.1 Å². The molecule has 0 spiro atoms. The van der Waals surface area contributed by atoms with Crippen LogP contribution < -0.4 is 20.7 Å². The molecule has 2 aromatic rings. The minimum absolute atomic E-state index is 0.230. The van der Waals surface area contributed by atoms with E-state index < -0.39 is 0 Å². The average molecular weight is 339 g/mol. The van der Waals surface area contributed by atoms with Crippen molar-refractivity contribution in [1.82, 2.24) is 20.9 Å². The molecule has 0 atom stereocenters. The normalized spacial score (nSPS) is 10.4. The third-order valence-electron chi connectivity index (χ3n) is 3.52. The molecule has 4 N–H and O–H groups in total. The van der Waals surface area contributed by atoms with Gasteiger partial charge in [-0.2, -0.15) is 0 Å². The Kier molecular flexibility index (Phi) is 5.33. The van der Waals surface area contributed by atoms with Gasteiger partial charge < -0.3 is 25.7 Å². The van der Waals surface area contributed by atoms with Crippen LogP contribution in [0.3, 0.4) is 0 Å². The third kappa shape index (κ3) is 3.50. The second-order valence-corrected chi connectivity index (χ2v) is 5.25. The van der Waals surface area contributed by atoms with Gasteiger partial charge in [0, 0.05) is 31.5 Å². The van der Waals surface area contributed by atoms with E-state index in [0.717, 1.165) is 16.5 Å². The van der Waals surface area contributed by atoms with Crippen molar-refractivity contribution in [3.63, 3.8) is 0 Å². The van der Waals surface area contributed by atoms with Crippen LogP contribution in [0.2, 0.25) is 5.02 Å². The first-order chi connectivity index (χ1) is 11.0. The fourth-order valence-electron chi connectivity index (χ4n) is 2.38. The quantitative estimate of drug-likeness (QED) is 0.667. The predicted octanol–water partition coefficient (Wildman–Crippen LogP) is 1.66. The van der Waals surface area contributed by atoms with E-state index in [2.05, 4.69) is 20.9 Å². The van der Waals surface area contributed by atoms with E-state index in [-0.39, 0.29) is 11.9 Å². The lowest BCUT2D eigenvalue weighted by atomic mass is 10.1. The van der Waals surface area contributed by atoms with Gasteiger partial charge in [-0.3, -0.25) is 4.79 Å². The number of aromatic amines is 1. The lowest BCUT2D eigenvalue weighted by molar-refractivity contribution is 0.0958. The number of carbonyl (C=O) groups excluding carboxylic acids is 2. The van der Waals surface area contributed by atoms with Crippen LogP contribution in [0.5, 0.6) is 5.75 Å². The summed E-state index contributed by atoms with van der Waals surface area (Å²) in [6, 6.07) is 3.24. The molecular formula is C15H19ClN4O3. The highest BCUT2D eigenvalue weighted by atomic mass is 35.5. The van der Waals surface area contributed by atoms with Crippen molar-refractivity contribution in [3.8, 4) is 5.75 Å². The summed E-state index contributed by atoms with van der Waals surface area (Å²) in [4.78, 5) is 26.4. The molecule has 0 bridgehead atoms. The highest BCUT2D eigenvalue weighted by Crippen LogP contribution is 2.33. The van der Waals surface area contributed by atoms with Crippen molar-refractivity contribution in [2.45, 2.75) is 6.42 Å². The van der Waals surface area contributed by atoms with Gasteiger partial charge in [0.2, 0.25) is 0 Å². The van der Waals surface area contributed by atoms with Crippen LogP contribution in [0.4, 0.5) is 4.79 Å². The molecule has 0 aliphatic heterocycles. The van der Waals surface area contributed by atoms with Gasteiger partial charge in [0.15, 0.2) is 0 Å². The van der Waals surface area contributed by atoms with Gasteiger partial charge in [-0.05, 0) is 24.1 Å². The smallest absolute Gasteiger partial charge is 0.314 e. The summed E-state index contributed by atoms with van der Waals surface area (Å²) >= 11 is 6.13. The summed E-state index contributed by atoms with van der Waals surface area (Å²) in [5.41, 5.74) is 1.99. The molecule has 1 heterocycles. The van der Waals surface area contributed by atoms with Gasteiger partial charge in [0.25, 0.3) is 5.91 Å². The molecule has 3 amide bonds. The Bertz CT molecular complexity index is 742. The SMILES string of the molecule is CNC(=O)NCCc1c(C(=O)NC)[nH]c2cc(Cl)c(OC)cc12. The molecule has 0 radical (unpaired) electrons. The van der Waals surface area contributed by atoms with Crippen LogP contribution >= 0.6 is 11.6 Å². The summed E-state index contributed by atoms with van der Waals surface area (Å²) in [7, 11) is 4.64. The van der Waals surface area contributed by atoms with Crippen LogP contribution in [0, 0.1) is 0 Å². The second kappa shape index (κ2) is 7.23. The van der Waals surface area contributed by atoms with Gasteiger partial charge in [0.1, 0.15) is 11.4 Å². The van der Waals surface area contributed by atoms with E-state index >= 15 is 0 Å². The Morgan fingerprint density at radius 3 is 2.61 bits per heavy atom. The van der Waals surface area contributed by atoms with Crippen LogP contribution in [0.25, 0.3) is 10.9 Å². The number of fused-ring (bicyclic) bond motifs is 1. The average Bonchev–Trinajstić information content (AvgIpc) is 2.90. The number of amides is 3. The van der Waals surface area contributed by atoms with Crippen molar-refractivity contribution >= 4 is 34.4 Å². The van der Waals surface area contributed by atoms with E-state index in [1.807, 2.05) is 0 Å². The number of ether oxygens (including phenoxy) is 1. The first-order valence-corrected chi connectivity index (χ1v) is 7.45. The van der Waals surface area contributed by atoms with Crippen LogP contribution in [-0.4, -0.2) is 44.7 Å². The number of hydrogen-bond donors (Lipinski definition) is 4. The number of methoxy groups -OCH3 is 1. The van der Waals surface area contributed by atoms with Crippen LogP contribution in [0.15, 0.2) is 12.1 Å². The first-order valence-electron chi connectivity index (χ1n) is 7.07. The van der Waals surface area contributed by atoms with Crippen molar-refractivity contribution in [2.24, 2.45) is 0 Å². The number of carbonyl (C=O) groups is 2. The Morgan fingerprint density at radius 1 is 1.26 bits per heavy atom. The number of hydrogen-bond acceptors (Lipinski definition) is 3. The maximum absolute atomic E-state index is 12.1. The monoisotopic (exact) mass is 338 g/mol. The van der Waals surface area contributed by atoms with E-state index in [4.69, 9.17) is 16.3 Å². The summed E-state index contributed by atoms with van der Waals surface area (Å²) in [6.45, 7) is 0.390. The number of aromatic nitrogens is 1. The van der Waals surface area contributed by atoms with Crippen molar-refractivity contribution in [2.75, 3.05) is 27.7 Å². The first kappa shape index (κ1) is 17.0. The predicted molar refractivity (Wildman–Crippen MR) is 89.4 cm³/mol. The van der Waals surface area contributed by atoms with E-state index in [1.54, 1.807) is 26.2 Å². The fraction of sp³-hybridized carbons (Fsp3) is 0.333. The largest absolute Gasteiger partial charge is 0.495 e.